The van der Waals surface area contributed by atoms with Crippen LogP contribution in [-0.2, 0) is 20.7 Å². The first-order chi connectivity index (χ1) is 12.1. The van der Waals surface area contributed by atoms with Crippen LogP contribution >= 0.6 is 0 Å². The summed E-state index contributed by atoms with van der Waals surface area (Å²) in [7, 11) is 1.28. The lowest BCUT2D eigenvalue weighted by Crippen LogP contribution is -2.21. The zero-order valence-electron chi connectivity index (χ0n) is 14.3. The molecule has 0 heterocycles. The molecule has 1 aliphatic carbocycles. The van der Waals surface area contributed by atoms with E-state index in [9.17, 15) is 9.59 Å². The lowest BCUT2D eigenvalue weighted by Gasteiger charge is -2.17. The average molecular weight is 336 g/mol. The summed E-state index contributed by atoms with van der Waals surface area (Å²) in [5.74, 6) is -1.13. The number of benzene rings is 2. The molecule has 0 aromatic heterocycles. The van der Waals surface area contributed by atoms with Crippen molar-refractivity contribution in [2.75, 3.05) is 7.11 Å². The minimum absolute atomic E-state index is 0.440. The van der Waals surface area contributed by atoms with Crippen LogP contribution in [0.3, 0.4) is 0 Å². The number of hydrogen-bond donors (Lipinski definition) is 0. The van der Waals surface area contributed by atoms with Crippen LogP contribution in [0.5, 0.6) is 0 Å². The molecule has 0 saturated carbocycles. The summed E-state index contributed by atoms with van der Waals surface area (Å²) in [6, 6.07) is 12.8. The van der Waals surface area contributed by atoms with E-state index in [1.165, 1.54) is 7.11 Å². The summed E-state index contributed by atoms with van der Waals surface area (Å²) in [5, 5.41) is 0. The Morgan fingerprint density at radius 3 is 2.72 bits per heavy atom. The molecule has 0 N–H and O–H groups in total. The van der Waals surface area contributed by atoms with E-state index in [1.807, 2.05) is 37.3 Å². The Balaban J connectivity index is 1.85. The third kappa shape index (κ3) is 3.79. The zero-order chi connectivity index (χ0) is 17.8. The standard InChI is InChI=1S/C21H20O4/c1-14-6-5-9-17(12-14)19(21(23)24-2)25-20(22)18-11-10-15-7-3-4-8-16(15)13-18/h3,5-7,9-13,19H,4,8H2,1-2H3. The van der Waals surface area contributed by atoms with Gasteiger partial charge in [0.2, 0.25) is 6.10 Å². The van der Waals surface area contributed by atoms with Gasteiger partial charge >= 0.3 is 11.9 Å². The van der Waals surface area contributed by atoms with Gasteiger partial charge in [0, 0.05) is 5.56 Å². The fourth-order valence-corrected chi connectivity index (χ4v) is 2.93. The van der Waals surface area contributed by atoms with Gasteiger partial charge in [-0.1, -0.05) is 48.0 Å². The molecule has 0 bridgehead atoms. The first-order valence-corrected chi connectivity index (χ1v) is 8.23. The molecule has 25 heavy (non-hydrogen) atoms. The molecule has 1 aliphatic rings. The minimum Gasteiger partial charge on any atom is -0.466 e. The Morgan fingerprint density at radius 2 is 1.96 bits per heavy atom. The molecule has 3 rings (SSSR count). The average Bonchev–Trinajstić information content (AvgIpc) is 2.64. The lowest BCUT2D eigenvalue weighted by atomic mass is 9.95. The van der Waals surface area contributed by atoms with E-state index in [0.717, 1.165) is 29.5 Å². The van der Waals surface area contributed by atoms with E-state index >= 15 is 0 Å². The van der Waals surface area contributed by atoms with Crippen molar-refractivity contribution in [1.29, 1.82) is 0 Å². The molecule has 128 valence electrons. The van der Waals surface area contributed by atoms with Gasteiger partial charge in [0.05, 0.1) is 12.7 Å². The normalized spacial score (nSPS) is 13.7. The van der Waals surface area contributed by atoms with Crippen LogP contribution in [0, 0.1) is 6.92 Å². The SMILES string of the molecule is COC(=O)C(OC(=O)c1ccc2c(c1)CCC=C2)c1cccc(C)c1. The molecule has 0 radical (unpaired) electrons. The minimum atomic E-state index is -1.08. The monoisotopic (exact) mass is 336 g/mol. The molecule has 0 fully saturated rings. The van der Waals surface area contributed by atoms with E-state index in [0.29, 0.717) is 11.1 Å². The molecule has 1 unspecified atom stereocenters. The summed E-state index contributed by atoms with van der Waals surface area (Å²) >= 11 is 0. The van der Waals surface area contributed by atoms with Gasteiger partial charge in [-0.25, -0.2) is 9.59 Å². The van der Waals surface area contributed by atoms with E-state index < -0.39 is 18.0 Å². The van der Waals surface area contributed by atoms with Crippen molar-refractivity contribution < 1.29 is 19.1 Å². The second-order valence-electron chi connectivity index (χ2n) is 6.08. The number of rotatable bonds is 4. The van der Waals surface area contributed by atoms with Crippen LogP contribution in [0.4, 0.5) is 0 Å². The Hall–Kier alpha value is -2.88. The first kappa shape index (κ1) is 17.0. The number of ether oxygens (including phenoxy) is 2. The Kier molecular flexibility index (Phi) is 4.98. The van der Waals surface area contributed by atoms with E-state index in [2.05, 4.69) is 12.2 Å². The van der Waals surface area contributed by atoms with Crippen LogP contribution in [0.2, 0.25) is 0 Å². The summed E-state index contributed by atoms with van der Waals surface area (Å²) in [6.07, 6.45) is 4.95. The van der Waals surface area contributed by atoms with Crippen molar-refractivity contribution >= 4 is 18.0 Å². The second kappa shape index (κ2) is 7.34. The van der Waals surface area contributed by atoms with Crippen molar-refractivity contribution in [3.05, 3.63) is 76.4 Å². The predicted octanol–water partition coefficient (Wildman–Crippen LogP) is 4.03. The molecule has 4 nitrogen and oxygen atoms in total. The molecular formula is C21H20O4. The third-order valence-corrected chi connectivity index (χ3v) is 4.24. The smallest absolute Gasteiger partial charge is 0.351 e. The maximum absolute atomic E-state index is 12.6. The second-order valence-corrected chi connectivity index (χ2v) is 6.08. The van der Waals surface area contributed by atoms with Gasteiger partial charge in [-0.2, -0.15) is 0 Å². The van der Waals surface area contributed by atoms with E-state index in [1.54, 1.807) is 12.1 Å². The summed E-state index contributed by atoms with van der Waals surface area (Å²) in [5.41, 5.74) is 4.24. The molecule has 0 saturated heterocycles. The van der Waals surface area contributed by atoms with E-state index in [4.69, 9.17) is 9.47 Å². The fraction of sp³-hybridized carbons (Fsp3) is 0.238. The van der Waals surface area contributed by atoms with Gasteiger partial charge in [0.1, 0.15) is 0 Å². The van der Waals surface area contributed by atoms with Gasteiger partial charge in [0.25, 0.3) is 0 Å². The number of esters is 2. The van der Waals surface area contributed by atoms with Gasteiger partial charge in [-0.3, -0.25) is 0 Å². The van der Waals surface area contributed by atoms with Crippen LogP contribution in [0.25, 0.3) is 6.08 Å². The summed E-state index contributed by atoms with van der Waals surface area (Å²) in [6.45, 7) is 1.91. The van der Waals surface area contributed by atoms with Crippen LogP contribution in [-0.4, -0.2) is 19.0 Å². The Bertz CT molecular complexity index is 836. The van der Waals surface area contributed by atoms with Crippen molar-refractivity contribution in [2.45, 2.75) is 25.9 Å². The molecule has 2 aromatic rings. The molecule has 0 spiro atoms. The molecular weight excluding hydrogens is 316 g/mol. The number of allylic oxidation sites excluding steroid dienone is 1. The van der Waals surface area contributed by atoms with Gasteiger partial charge in [-0.15, -0.1) is 0 Å². The Morgan fingerprint density at radius 1 is 1.12 bits per heavy atom. The number of carbonyl (C=O) groups is 2. The molecule has 0 amide bonds. The maximum atomic E-state index is 12.6. The highest BCUT2D eigenvalue weighted by molar-refractivity contribution is 5.92. The topological polar surface area (TPSA) is 52.6 Å². The van der Waals surface area contributed by atoms with Gasteiger partial charge in [-0.05, 0) is 43.0 Å². The number of hydrogen-bond acceptors (Lipinski definition) is 4. The number of fused-ring (bicyclic) bond motifs is 1. The van der Waals surface area contributed by atoms with Crippen LogP contribution in [0.15, 0.2) is 48.5 Å². The third-order valence-electron chi connectivity index (χ3n) is 4.24. The molecule has 4 heteroatoms. The van der Waals surface area contributed by atoms with Crippen molar-refractivity contribution in [1.82, 2.24) is 0 Å². The molecule has 2 aromatic carbocycles. The predicted molar refractivity (Wildman–Crippen MR) is 95.1 cm³/mol. The van der Waals surface area contributed by atoms with Crippen LogP contribution in [0.1, 0.15) is 45.1 Å². The number of aryl methyl sites for hydroxylation is 2. The fourth-order valence-electron chi connectivity index (χ4n) is 2.93. The number of carbonyl (C=O) groups excluding carboxylic acids is 2. The van der Waals surface area contributed by atoms with E-state index in [-0.39, 0.29) is 0 Å². The molecule has 0 aliphatic heterocycles. The first-order valence-electron chi connectivity index (χ1n) is 8.23. The van der Waals surface area contributed by atoms with Crippen LogP contribution < -0.4 is 0 Å². The largest absolute Gasteiger partial charge is 0.466 e. The maximum Gasteiger partial charge on any atom is 0.351 e. The van der Waals surface area contributed by atoms with Crippen molar-refractivity contribution in [3.63, 3.8) is 0 Å². The zero-order valence-corrected chi connectivity index (χ0v) is 14.3. The summed E-state index contributed by atoms with van der Waals surface area (Å²) in [4.78, 5) is 24.7. The molecule has 1 atom stereocenters. The Labute approximate surface area is 147 Å². The van der Waals surface area contributed by atoms with Gasteiger partial charge in [0.15, 0.2) is 0 Å². The highest BCUT2D eigenvalue weighted by Gasteiger charge is 2.27. The summed E-state index contributed by atoms with van der Waals surface area (Å²) < 4.78 is 10.3. The highest BCUT2D eigenvalue weighted by atomic mass is 16.6. The highest BCUT2D eigenvalue weighted by Crippen LogP contribution is 2.24. The van der Waals surface area contributed by atoms with Crippen molar-refractivity contribution in [3.8, 4) is 0 Å². The van der Waals surface area contributed by atoms with Crippen molar-refractivity contribution in [2.24, 2.45) is 0 Å². The number of methoxy groups -OCH3 is 1. The quantitative estimate of drug-likeness (QED) is 0.791. The lowest BCUT2D eigenvalue weighted by molar-refractivity contribution is -0.151. The van der Waals surface area contributed by atoms with Gasteiger partial charge < -0.3 is 9.47 Å².